The summed E-state index contributed by atoms with van der Waals surface area (Å²) in [5.74, 6) is 0.777. The van der Waals surface area contributed by atoms with Gasteiger partial charge < -0.3 is 19.9 Å². The molecule has 6 heteroatoms. The molecule has 0 radical (unpaired) electrons. The first-order valence-corrected chi connectivity index (χ1v) is 10.1. The van der Waals surface area contributed by atoms with Crippen molar-refractivity contribution in [3.63, 3.8) is 0 Å². The summed E-state index contributed by atoms with van der Waals surface area (Å²) in [5, 5.41) is 3.46. The van der Waals surface area contributed by atoms with Crippen LogP contribution in [0.15, 0.2) is 24.3 Å². The van der Waals surface area contributed by atoms with Gasteiger partial charge in [0.25, 0.3) is 5.91 Å². The number of hydrogen-bond acceptors (Lipinski definition) is 4. The van der Waals surface area contributed by atoms with E-state index < -0.39 is 5.60 Å². The minimum absolute atomic E-state index is 0.0772. The van der Waals surface area contributed by atoms with Crippen LogP contribution in [0.25, 0.3) is 0 Å². The van der Waals surface area contributed by atoms with Crippen molar-refractivity contribution in [1.82, 2.24) is 15.1 Å². The highest BCUT2D eigenvalue weighted by atomic mass is 16.6. The van der Waals surface area contributed by atoms with Gasteiger partial charge in [0.15, 0.2) is 0 Å². The largest absolute Gasteiger partial charge is 0.441 e. The van der Waals surface area contributed by atoms with Crippen molar-refractivity contribution in [2.24, 2.45) is 5.92 Å². The van der Waals surface area contributed by atoms with Crippen molar-refractivity contribution in [2.75, 3.05) is 39.8 Å². The second-order valence-corrected chi connectivity index (χ2v) is 8.31. The van der Waals surface area contributed by atoms with Gasteiger partial charge in [-0.2, -0.15) is 0 Å². The number of benzene rings is 1. The Morgan fingerprint density at radius 1 is 1.26 bits per heavy atom. The van der Waals surface area contributed by atoms with Crippen molar-refractivity contribution in [3.8, 4) is 0 Å². The zero-order valence-corrected chi connectivity index (χ0v) is 16.1. The minimum Gasteiger partial charge on any atom is -0.441 e. The van der Waals surface area contributed by atoms with Crippen LogP contribution in [0.4, 0.5) is 4.79 Å². The molecule has 27 heavy (non-hydrogen) atoms. The molecule has 0 aromatic heterocycles. The molecule has 1 aromatic carbocycles. The minimum atomic E-state index is -0.402. The zero-order valence-electron chi connectivity index (χ0n) is 16.1. The second-order valence-electron chi connectivity index (χ2n) is 8.31. The van der Waals surface area contributed by atoms with Crippen molar-refractivity contribution in [2.45, 2.75) is 37.7 Å². The molecule has 2 amide bonds. The van der Waals surface area contributed by atoms with E-state index in [2.05, 4.69) is 17.4 Å². The SMILES string of the molecule is CN1CC2(CCN(C(=O)c3ccc(CC4CCCNC4)cc3)CC2)OC1=O. The Hall–Kier alpha value is -2.08. The quantitative estimate of drug-likeness (QED) is 0.886. The molecule has 3 saturated heterocycles. The molecular formula is C21H29N3O3. The van der Waals surface area contributed by atoms with Gasteiger partial charge in [-0.05, 0) is 56.0 Å². The van der Waals surface area contributed by atoms with Crippen LogP contribution in [0, 0.1) is 5.92 Å². The third kappa shape index (κ3) is 3.95. The third-order valence-corrected chi connectivity index (χ3v) is 6.23. The fourth-order valence-corrected chi connectivity index (χ4v) is 4.57. The zero-order chi connectivity index (χ0) is 18.9. The monoisotopic (exact) mass is 371 g/mol. The lowest BCUT2D eigenvalue weighted by atomic mass is 9.90. The number of piperidine rings is 2. The molecule has 4 rings (SSSR count). The van der Waals surface area contributed by atoms with Crippen LogP contribution in [0.5, 0.6) is 0 Å². The Morgan fingerprint density at radius 2 is 2.00 bits per heavy atom. The number of nitrogens with one attached hydrogen (secondary N) is 1. The second kappa shape index (κ2) is 7.50. The van der Waals surface area contributed by atoms with Crippen molar-refractivity contribution in [3.05, 3.63) is 35.4 Å². The number of ether oxygens (including phenoxy) is 1. The summed E-state index contributed by atoms with van der Waals surface area (Å²) in [6.45, 7) is 4.12. The number of carbonyl (C=O) groups is 2. The number of nitrogens with zero attached hydrogens (tertiary/aromatic N) is 2. The van der Waals surface area contributed by atoms with Gasteiger partial charge in [0, 0.05) is 38.5 Å². The molecule has 6 nitrogen and oxygen atoms in total. The summed E-state index contributed by atoms with van der Waals surface area (Å²) in [7, 11) is 1.76. The third-order valence-electron chi connectivity index (χ3n) is 6.23. The van der Waals surface area contributed by atoms with Crippen LogP contribution in [0.1, 0.15) is 41.6 Å². The normalized spacial score (nSPS) is 24.9. The topological polar surface area (TPSA) is 61.9 Å². The maximum atomic E-state index is 12.8. The van der Waals surface area contributed by atoms with Crippen molar-refractivity contribution < 1.29 is 14.3 Å². The molecular weight excluding hydrogens is 342 g/mol. The smallest absolute Gasteiger partial charge is 0.410 e. The molecule has 1 aromatic rings. The molecule has 1 unspecified atom stereocenters. The van der Waals surface area contributed by atoms with Crippen molar-refractivity contribution in [1.29, 1.82) is 0 Å². The Morgan fingerprint density at radius 3 is 2.59 bits per heavy atom. The number of rotatable bonds is 3. The molecule has 0 bridgehead atoms. The number of amides is 2. The summed E-state index contributed by atoms with van der Waals surface area (Å²) in [5.41, 5.74) is 1.65. The highest BCUT2D eigenvalue weighted by molar-refractivity contribution is 5.94. The average molecular weight is 371 g/mol. The van der Waals surface area contributed by atoms with E-state index in [9.17, 15) is 9.59 Å². The Balaban J connectivity index is 1.32. The van der Waals surface area contributed by atoms with Gasteiger partial charge in [-0.3, -0.25) is 4.79 Å². The predicted molar refractivity (Wildman–Crippen MR) is 103 cm³/mol. The highest BCUT2D eigenvalue weighted by Crippen LogP contribution is 2.33. The van der Waals surface area contributed by atoms with Crippen LogP contribution in [0.2, 0.25) is 0 Å². The van der Waals surface area contributed by atoms with E-state index in [4.69, 9.17) is 4.74 Å². The van der Waals surface area contributed by atoms with Crippen molar-refractivity contribution >= 4 is 12.0 Å². The molecule has 1 spiro atoms. The van der Waals surface area contributed by atoms with E-state index in [-0.39, 0.29) is 12.0 Å². The molecule has 0 saturated carbocycles. The van der Waals surface area contributed by atoms with E-state index in [1.807, 2.05) is 17.0 Å². The molecule has 3 fully saturated rings. The Labute approximate surface area is 160 Å². The van der Waals surface area contributed by atoms with Gasteiger partial charge in [0.05, 0.1) is 6.54 Å². The fraction of sp³-hybridized carbons (Fsp3) is 0.619. The lowest BCUT2D eigenvalue weighted by molar-refractivity contribution is 0.00317. The van der Waals surface area contributed by atoms with E-state index >= 15 is 0 Å². The summed E-state index contributed by atoms with van der Waals surface area (Å²) in [6, 6.07) is 8.12. The molecule has 3 aliphatic rings. The van der Waals surface area contributed by atoms with Crippen LogP contribution < -0.4 is 5.32 Å². The lowest BCUT2D eigenvalue weighted by Gasteiger charge is -2.37. The summed E-state index contributed by atoms with van der Waals surface area (Å²) in [6.07, 6.45) is 4.78. The van der Waals surface area contributed by atoms with Crippen LogP contribution in [-0.2, 0) is 11.2 Å². The van der Waals surface area contributed by atoms with E-state index in [0.29, 0.717) is 38.4 Å². The predicted octanol–water partition coefficient (Wildman–Crippen LogP) is 2.29. The Bertz CT molecular complexity index is 689. The first kappa shape index (κ1) is 18.3. The van der Waals surface area contributed by atoms with Gasteiger partial charge in [-0.1, -0.05) is 12.1 Å². The summed E-state index contributed by atoms with van der Waals surface area (Å²) < 4.78 is 5.57. The average Bonchev–Trinajstić information content (AvgIpc) is 2.96. The Kier molecular flexibility index (Phi) is 5.08. The van der Waals surface area contributed by atoms with Crippen LogP contribution >= 0.6 is 0 Å². The molecule has 3 aliphatic heterocycles. The van der Waals surface area contributed by atoms with Crippen LogP contribution in [0.3, 0.4) is 0 Å². The standard InChI is InChI=1S/C21H29N3O3/c1-23-15-21(27-20(23)26)8-11-24(12-9-21)19(25)18-6-4-16(5-7-18)13-17-3-2-10-22-14-17/h4-7,17,22H,2-3,8-15H2,1H3. The highest BCUT2D eigenvalue weighted by Gasteiger charge is 2.46. The van der Waals surface area contributed by atoms with Gasteiger partial charge in [0.2, 0.25) is 0 Å². The molecule has 3 heterocycles. The number of likely N-dealkylation sites (tertiary alicyclic amines) is 1. The molecule has 0 aliphatic carbocycles. The molecule has 1 atom stereocenters. The van der Waals surface area contributed by atoms with E-state index in [1.165, 1.54) is 18.4 Å². The number of carbonyl (C=O) groups excluding carboxylic acids is 2. The molecule has 146 valence electrons. The van der Waals surface area contributed by atoms with Gasteiger partial charge in [-0.15, -0.1) is 0 Å². The van der Waals surface area contributed by atoms with E-state index in [0.717, 1.165) is 25.1 Å². The molecule has 1 N–H and O–H groups in total. The van der Waals surface area contributed by atoms with Gasteiger partial charge >= 0.3 is 6.09 Å². The summed E-state index contributed by atoms with van der Waals surface area (Å²) >= 11 is 0. The van der Waals surface area contributed by atoms with Crippen LogP contribution in [-0.4, -0.2) is 67.2 Å². The maximum absolute atomic E-state index is 12.8. The lowest BCUT2D eigenvalue weighted by Crippen LogP contribution is -2.48. The number of likely N-dealkylation sites (N-methyl/N-ethyl adjacent to an activating group) is 1. The van der Waals surface area contributed by atoms with E-state index in [1.54, 1.807) is 11.9 Å². The fourth-order valence-electron chi connectivity index (χ4n) is 4.57. The maximum Gasteiger partial charge on any atom is 0.410 e. The van der Waals surface area contributed by atoms with Gasteiger partial charge in [0.1, 0.15) is 5.60 Å². The first-order valence-electron chi connectivity index (χ1n) is 10.1. The van der Waals surface area contributed by atoms with Gasteiger partial charge in [-0.25, -0.2) is 4.79 Å². The first-order chi connectivity index (χ1) is 13.0. The summed E-state index contributed by atoms with van der Waals surface area (Å²) in [4.78, 5) is 28.0. The number of hydrogen-bond donors (Lipinski definition) is 1.